The molecule has 1 fully saturated rings. The number of aromatic nitrogens is 3. The Labute approximate surface area is 159 Å². The van der Waals surface area contributed by atoms with Crippen molar-refractivity contribution in [3.63, 3.8) is 0 Å². The van der Waals surface area contributed by atoms with Crippen LogP contribution in [0.5, 0.6) is 0 Å². The Hall–Kier alpha value is -2.73. The Morgan fingerprint density at radius 2 is 2.04 bits per heavy atom. The molecule has 140 valence electrons. The molecular weight excluding hydrogens is 338 g/mol. The standard InChI is InChI=1S/C21H25N5O/c1-3-25-14-16(9-20(25)27)12-24(2)13-17-10-22-21-19(11-23-26(21)15-17)18-7-5-4-6-8-18/h4-8,10-11,15-16H,3,9,12-14H2,1-2H3/t16-/m0/s1. The molecule has 2 aromatic heterocycles. The van der Waals surface area contributed by atoms with Crippen LogP contribution in [-0.2, 0) is 11.3 Å². The second-order valence-electron chi connectivity index (χ2n) is 7.35. The van der Waals surface area contributed by atoms with Crippen LogP contribution in [0.3, 0.4) is 0 Å². The van der Waals surface area contributed by atoms with Crippen molar-refractivity contribution < 1.29 is 4.79 Å². The summed E-state index contributed by atoms with van der Waals surface area (Å²) in [5.41, 5.74) is 4.15. The van der Waals surface area contributed by atoms with Crippen molar-refractivity contribution in [2.75, 3.05) is 26.7 Å². The minimum absolute atomic E-state index is 0.281. The molecule has 6 nitrogen and oxygen atoms in total. The molecule has 0 bridgehead atoms. The molecule has 1 amide bonds. The maximum absolute atomic E-state index is 11.9. The SMILES string of the molecule is CCN1C[C@H](CN(C)Cc2cnc3c(-c4ccccc4)cnn3c2)CC1=O. The second kappa shape index (κ2) is 7.48. The molecule has 3 heterocycles. The van der Waals surface area contributed by atoms with Crippen molar-refractivity contribution in [2.45, 2.75) is 19.9 Å². The van der Waals surface area contributed by atoms with Crippen LogP contribution in [0.1, 0.15) is 18.9 Å². The van der Waals surface area contributed by atoms with Gasteiger partial charge in [0.25, 0.3) is 0 Å². The van der Waals surface area contributed by atoms with Crippen LogP contribution in [0.25, 0.3) is 16.8 Å². The summed E-state index contributed by atoms with van der Waals surface area (Å²) in [5, 5.41) is 4.48. The number of fused-ring (bicyclic) bond motifs is 1. The molecule has 1 atom stereocenters. The Balaban J connectivity index is 1.45. The number of carbonyl (C=O) groups excluding carboxylic acids is 1. The monoisotopic (exact) mass is 363 g/mol. The topological polar surface area (TPSA) is 53.7 Å². The summed E-state index contributed by atoms with van der Waals surface area (Å²) in [4.78, 5) is 20.8. The molecule has 0 saturated carbocycles. The summed E-state index contributed by atoms with van der Waals surface area (Å²) in [6.45, 7) is 5.42. The zero-order valence-corrected chi connectivity index (χ0v) is 15.9. The zero-order chi connectivity index (χ0) is 18.8. The fourth-order valence-corrected chi connectivity index (χ4v) is 3.92. The molecule has 4 rings (SSSR count). The Morgan fingerprint density at radius 1 is 1.22 bits per heavy atom. The summed E-state index contributed by atoms with van der Waals surface area (Å²) in [7, 11) is 2.10. The molecule has 1 aliphatic heterocycles. The molecule has 27 heavy (non-hydrogen) atoms. The van der Waals surface area contributed by atoms with E-state index >= 15 is 0 Å². The fourth-order valence-electron chi connectivity index (χ4n) is 3.92. The Morgan fingerprint density at radius 3 is 2.78 bits per heavy atom. The van der Waals surface area contributed by atoms with Crippen LogP contribution in [0.4, 0.5) is 0 Å². The first-order valence-electron chi connectivity index (χ1n) is 9.48. The molecule has 0 spiro atoms. The molecule has 1 aromatic carbocycles. The average molecular weight is 363 g/mol. The first-order chi connectivity index (χ1) is 13.1. The van der Waals surface area contributed by atoms with Crippen molar-refractivity contribution in [2.24, 2.45) is 5.92 Å². The lowest BCUT2D eigenvalue weighted by Crippen LogP contribution is -2.28. The van der Waals surface area contributed by atoms with Crippen molar-refractivity contribution in [1.82, 2.24) is 24.4 Å². The van der Waals surface area contributed by atoms with E-state index in [1.165, 1.54) is 0 Å². The van der Waals surface area contributed by atoms with Gasteiger partial charge in [-0.2, -0.15) is 5.10 Å². The van der Waals surface area contributed by atoms with Gasteiger partial charge in [0.05, 0.1) is 6.20 Å². The van der Waals surface area contributed by atoms with Gasteiger partial charge in [-0.3, -0.25) is 4.79 Å². The second-order valence-corrected chi connectivity index (χ2v) is 7.35. The number of nitrogens with zero attached hydrogens (tertiary/aromatic N) is 5. The summed E-state index contributed by atoms with van der Waals surface area (Å²) < 4.78 is 1.85. The predicted molar refractivity (Wildman–Crippen MR) is 105 cm³/mol. The minimum atomic E-state index is 0.281. The molecule has 1 aliphatic rings. The van der Waals surface area contributed by atoms with Crippen LogP contribution in [0.2, 0.25) is 0 Å². The summed E-state index contributed by atoms with van der Waals surface area (Å²) in [5.74, 6) is 0.692. The van der Waals surface area contributed by atoms with E-state index in [1.807, 2.05) is 53.1 Å². The van der Waals surface area contributed by atoms with E-state index in [9.17, 15) is 4.79 Å². The van der Waals surface area contributed by atoms with E-state index in [4.69, 9.17) is 0 Å². The fraction of sp³-hybridized carbons (Fsp3) is 0.381. The van der Waals surface area contributed by atoms with Crippen LogP contribution in [-0.4, -0.2) is 57.0 Å². The first kappa shape index (κ1) is 17.7. The van der Waals surface area contributed by atoms with Gasteiger partial charge in [-0.1, -0.05) is 30.3 Å². The third kappa shape index (κ3) is 3.71. The van der Waals surface area contributed by atoms with E-state index in [2.05, 4.69) is 34.2 Å². The summed E-state index contributed by atoms with van der Waals surface area (Å²) >= 11 is 0. The maximum Gasteiger partial charge on any atom is 0.222 e. The van der Waals surface area contributed by atoms with Crippen LogP contribution >= 0.6 is 0 Å². The van der Waals surface area contributed by atoms with Crippen molar-refractivity contribution in [3.8, 4) is 11.1 Å². The summed E-state index contributed by atoms with van der Waals surface area (Å²) in [6.07, 6.45) is 6.51. The van der Waals surface area contributed by atoms with Gasteiger partial charge in [0.1, 0.15) is 0 Å². The maximum atomic E-state index is 11.9. The normalized spacial score (nSPS) is 17.4. The van der Waals surface area contributed by atoms with Gasteiger partial charge < -0.3 is 9.80 Å². The molecular formula is C21H25N5O. The number of hydrogen-bond acceptors (Lipinski definition) is 4. The van der Waals surface area contributed by atoms with Crippen LogP contribution < -0.4 is 0 Å². The number of benzene rings is 1. The number of rotatable bonds is 6. The number of likely N-dealkylation sites (tertiary alicyclic amines) is 1. The van der Waals surface area contributed by atoms with Crippen molar-refractivity contribution in [3.05, 3.63) is 54.5 Å². The smallest absolute Gasteiger partial charge is 0.222 e. The Kier molecular flexibility index (Phi) is 4.90. The van der Waals surface area contributed by atoms with Crippen molar-refractivity contribution >= 4 is 11.6 Å². The number of carbonyl (C=O) groups is 1. The lowest BCUT2D eigenvalue weighted by Gasteiger charge is -2.21. The summed E-state index contributed by atoms with van der Waals surface area (Å²) in [6, 6.07) is 10.2. The molecule has 0 unspecified atom stereocenters. The van der Waals surface area contributed by atoms with E-state index in [0.717, 1.165) is 48.5 Å². The molecule has 0 radical (unpaired) electrons. The molecule has 1 saturated heterocycles. The first-order valence-corrected chi connectivity index (χ1v) is 9.48. The largest absolute Gasteiger partial charge is 0.343 e. The van der Waals surface area contributed by atoms with Gasteiger partial charge in [0.2, 0.25) is 5.91 Å². The number of amides is 1. The molecule has 0 N–H and O–H groups in total. The van der Waals surface area contributed by atoms with Gasteiger partial charge in [-0.25, -0.2) is 9.50 Å². The third-order valence-corrected chi connectivity index (χ3v) is 5.19. The average Bonchev–Trinajstić information content (AvgIpc) is 3.24. The molecule has 3 aromatic rings. The lowest BCUT2D eigenvalue weighted by atomic mass is 10.1. The quantitative estimate of drug-likeness (QED) is 0.676. The number of hydrogen-bond donors (Lipinski definition) is 0. The Bertz CT molecular complexity index is 936. The van der Waals surface area contributed by atoms with Gasteiger partial charge in [-0.15, -0.1) is 0 Å². The third-order valence-electron chi connectivity index (χ3n) is 5.19. The molecule has 0 aliphatic carbocycles. The lowest BCUT2D eigenvalue weighted by molar-refractivity contribution is -0.127. The highest BCUT2D eigenvalue weighted by atomic mass is 16.2. The van der Waals surface area contributed by atoms with Gasteiger partial charge in [-0.05, 0) is 25.5 Å². The highest BCUT2D eigenvalue weighted by Gasteiger charge is 2.28. The van der Waals surface area contributed by atoms with Crippen LogP contribution in [0.15, 0.2) is 48.9 Å². The van der Waals surface area contributed by atoms with Gasteiger partial charge in [0.15, 0.2) is 5.65 Å². The predicted octanol–water partition coefficient (Wildman–Crippen LogP) is 2.70. The minimum Gasteiger partial charge on any atom is -0.343 e. The highest BCUT2D eigenvalue weighted by Crippen LogP contribution is 2.23. The van der Waals surface area contributed by atoms with E-state index in [1.54, 1.807) is 0 Å². The van der Waals surface area contributed by atoms with Crippen molar-refractivity contribution in [1.29, 1.82) is 0 Å². The zero-order valence-electron chi connectivity index (χ0n) is 15.9. The van der Waals surface area contributed by atoms with Gasteiger partial charge in [0, 0.05) is 56.1 Å². The van der Waals surface area contributed by atoms with Crippen LogP contribution in [0, 0.1) is 5.92 Å². The van der Waals surface area contributed by atoms with E-state index < -0.39 is 0 Å². The molecule has 6 heteroatoms. The van der Waals surface area contributed by atoms with E-state index in [0.29, 0.717) is 12.3 Å². The van der Waals surface area contributed by atoms with E-state index in [-0.39, 0.29) is 5.91 Å². The van der Waals surface area contributed by atoms with Gasteiger partial charge >= 0.3 is 0 Å². The highest BCUT2D eigenvalue weighted by molar-refractivity contribution is 5.78.